The van der Waals surface area contributed by atoms with E-state index in [-0.39, 0.29) is 0 Å². The van der Waals surface area contributed by atoms with Gasteiger partial charge in [0.1, 0.15) is 17.2 Å². The summed E-state index contributed by atoms with van der Waals surface area (Å²) in [5.41, 5.74) is 0.607. The second-order valence-electron chi connectivity index (χ2n) is 4.04. The minimum absolute atomic E-state index is 0.522. The highest BCUT2D eigenvalue weighted by Crippen LogP contribution is 2.32. The Morgan fingerprint density at radius 1 is 1.05 bits per heavy atom. The number of hydrogen-bond donors (Lipinski definition) is 1. The average molecular weight is 352 g/mol. The summed E-state index contributed by atoms with van der Waals surface area (Å²) in [5, 5.41) is 2.58. The van der Waals surface area contributed by atoms with Gasteiger partial charge >= 0.3 is 6.09 Å². The number of amides is 1. The Bertz CT molecular complexity index is 628. The van der Waals surface area contributed by atoms with Gasteiger partial charge in [0.2, 0.25) is 0 Å². The number of carbonyl (C=O) groups is 1. The summed E-state index contributed by atoms with van der Waals surface area (Å²) < 4.78 is 16.1. The van der Waals surface area contributed by atoms with Crippen molar-refractivity contribution in [2.45, 2.75) is 0 Å². The van der Waals surface area contributed by atoms with Crippen molar-refractivity contribution in [1.82, 2.24) is 0 Å². The smallest absolute Gasteiger partial charge is 0.411 e. The fourth-order valence-corrected chi connectivity index (χ4v) is 2.06. The van der Waals surface area contributed by atoms with Crippen LogP contribution < -0.4 is 14.8 Å². The number of anilines is 1. The molecule has 0 aliphatic rings. The summed E-state index contributed by atoms with van der Waals surface area (Å²) in [4.78, 5) is 11.1. The molecule has 6 heteroatoms. The van der Waals surface area contributed by atoms with Crippen molar-refractivity contribution in [3.05, 3.63) is 46.9 Å². The lowest BCUT2D eigenvalue weighted by atomic mass is 10.3. The number of methoxy groups -OCH3 is 2. The topological polar surface area (TPSA) is 56.8 Å². The maximum absolute atomic E-state index is 11.1. The van der Waals surface area contributed by atoms with Gasteiger partial charge in [-0.05, 0) is 58.4 Å². The predicted molar refractivity (Wildman–Crippen MR) is 83.2 cm³/mol. The van der Waals surface area contributed by atoms with Crippen LogP contribution in [0.2, 0.25) is 0 Å². The first-order chi connectivity index (χ1) is 10.1. The van der Waals surface area contributed by atoms with Crippen LogP contribution in [-0.2, 0) is 4.74 Å². The number of halogens is 1. The van der Waals surface area contributed by atoms with Gasteiger partial charge in [-0.2, -0.15) is 0 Å². The van der Waals surface area contributed by atoms with Crippen LogP contribution in [0.1, 0.15) is 0 Å². The monoisotopic (exact) mass is 351 g/mol. The zero-order chi connectivity index (χ0) is 15.2. The van der Waals surface area contributed by atoms with Gasteiger partial charge in [-0.15, -0.1) is 0 Å². The summed E-state index contributed by atoms with van der Waals surface area (Å²) in [6.07, 6.45) is -0.522. The highest BCUT2D eigenvalue weighted by Gasteiger charge is 2.07. The molecule has 0 unspecified atom stereocenters. The first-order valence-electron chi connectivity index (χ1n) is 6.09. The minimum Gasteiger partial charge on any atom is -0.497 e. The van der Waals surface area contributed by atoms with Crippen molar-refractivity contribution in [2.75, 3.05) is 19.5 Å². The van der Waals surface area contributed by atoms with Gasteiger partial charge in [-0.3, -0.25) is 5.32 Å². The van der Waals surface area contributed by atoms with E-state index in [0.717, 1.165) is 5.75 Å². The molecule has 0 fully saturated rings. The zero-order valence-electron chi connectivity index (χ0n) is 11.6. The third kappa shape index (κ3) is 4.13. The Labute approximate surface area is 131 Å². The second kappa shape index (κ2) is 6.99. The first-order valence-corrected chi connectivity index (χ1v) is 6.88. The molecule has 21 heavy (non-hydrogen) atoms. The van der Waals surface area contributed by atoms with Crippen molar-refractivity contribution in [3.8, 4) is 17.2 Å². The van der Waals surface area contributed by atoms with Crippen LogP contribution in [0.5, 0.6) is 17.2 Å². The van der Waals surface area contributed by atoms with Crippen LogP contribution in [0.15, 0.2) is 46.9 Å². The molecule has 0 radical (unpaired) electrons. The fraction of sp³-hybridized carbons (Fsp3) is 0.133. The molecule has 0 heterocycles. The summed E-state index contributed by atoms with van der Waals surface area (Å²) >= 11 is 3.40. The predicted octanol–water partition coefficient (Wildman–Crippen LogP) is 4.43. The molecule has 0 saturated carbocycles. The van der Waals surface area contributed by atoms with E-state index in [1.165, 1.54) is 7.11 Å². The van der Waals surface area contributed by atoms with E-state index in [2.05, 4.69) is 26.0 Å². The number of rotatable bonds is 4. The standard InChI is InChI=1S/C15H14BrNO4/c1-19-11-4-6-12(7-5-11)21-14-8-3-10(9-13(14)16)17-15(18)20-2/h3-9H,1-2H3,(H,17,18). The van der Waals surface area contributed by atoms with Crippen molar-refractivity contribution >= 4 is 27.7 Å². The van der Waals surface area contributed by atoms with Crippen molar-refractivity contribution in [3.63, 3.8) is 0 Å². The van der Waals surface area contributed by atoms with Gasteiger partial charge < -0.3 is 14.2 Å². The van der Waals surface area contributed by atoms with Crippen LogP contribution in [-0.4, -0.2) is 20.3 Å². The maximum atomic E-state index is 11.1. The molecule has 0 aromatic heterocycles. The molecule has 0 spiro atoms. The van der Waals surface area contributed by atoms with Crippen LogP contribution >= 0.6 is 15.9 Å². The highest BCUT2D eigenvalue weighted by atomic mass is 79.9. The van der Waals surface area contributed by atoms with Crippen LogP contribution in [0, 0.1) is 0 Å². The van der Waals surface area contributed by atoms with Crippen molar-refractivity contribution in [1.29, 1.82) is 0 Å². The van der Waals surface area contributed by atoms with E-state index in [4.69, 9.17) is 9.47 Å². The molecule has 5 nitrogen and oxygen atoms in total. The molecular formula is C15H14BrNO4. The van der Waals surface area contributed by atoms with E-state index in [9.17, 15) is 4.79 Å². The minimum atomic E-state index is -0.522. The van der Waals surface area contributed by atoms with Crippen LogP contribution in [0.3, 0.4) is 0 Å². The van der Waals surface area contributed by atoms with Crippen LogP contribution in [0.25, 0.3) is 0 Å². The Hall–Kier alpha value is -2.21. The number of ether oxygens (including phenoxy) is 3. The third-order valence-corrected chi connectivity index (χ3v) is 3.27. The van der Waals surface area contributed by atoms with Gasteiger partial charge in [0.05, 0.1) is 18.7 Å². The molecule has 110 valence electrons. The average Bonchev–Trinajstić information content (AvgIpc) is 2.50. The van der Waals surface area contributed by atoms with Crippen LogP contribution in [0.4, 0.5) is 10.5 Å². The molecule has 0 saturated heterocycles. The SMILES string of the molecule is COC(=O)Nc1ccc(Oc2ccc(OC)cc2)c(Br)c1. The van der Waals surface area contributed by atoms with E-state index < -0.39 is 6.09 Å². The molecule has 2 aromatic carbocycles. The fourth-order valence-electron chi connectivity index (χ4n) is 1.60. The van der Waals surface area contributed by atoms with E-state index in [1.54, 1.807) is 25.3 Å². The molecule has 1 N–H and O–H groups in total. The second-order valence-corrected chi connectivity index (χ2v) is 4.89. The number of carbonyl (C=O) groups excluding carboxylic acids is 1. The molecule has 0 aliphatic heterocycles. The Kier molecular flexibility index (Phi) is 5.05. The molecule has 2 aromatic rings. The molecule has 0 atom stereocenters. The summed E-state index contributed by atoms with van der Waals surface area (Å²) in [5.74, 6) is 2.08. The number of benzene rings is 2. The summed E-state index contributed by atoms with van der Waals surface area (Å²) in [6, 6.07) is 12.5. The Morgan fingerprint density at radius 2 is 1.71 bits per heavy atom. The normalized spacial score (nSPS) is 9.86. The van der Waals surface area contributed by atoms with Gasteiger partial charge in [0, 0.05) is 5.69 Å². The van der Waals surface area contributed by atoms with Crippen molar-refractivity contribution < 1.29 is 19.0 Å². The van der Waals surface area contributed by atoms with E-state index >= 15 is 0 Å². The molecule has 1 amide bonds. The number of nitrogens with one attached hydrogen (secondary N) is 1. The van der Waals surface area contributed by atoms with Gasteiger partial charge in [-0.25, -0.2) is 4.79 Å². The summed E-state index contributed by atoms with van der Waals surface area (Å²) in [7, 11) is 2.92. The largest absolute Gasteiger partial charge is 0.497 e. The maximum Gasteiger partial charge on any atom is 0.411 e. The summed E-state index contributed by atoms with van der Waals surface area (Å²) in [6.45, 7) is 0. The highest BCUT2D eigenvalue weighted by molar-refractivity contribution is 9.10. The quantitative estimate of drug-likeness (QED) is 0.885. The van der Waals surface area contributed by atoms with E-state index in [1.807, 2.05) is 24.3 Å². The molecule has 0 bridgehead atoms. The zero-order valence-corrected chi connectivity index (χ0v) is 13.1. The Balaban J connectivity index is 2.11. The lowest BCUT2D eigenvalue weighted by Crippen LogP contribution is -2.10. The lowest BCUT2D eigenvalue weighted by Gasteiger charge is -2.10. The molecule has 2 rings (SSSR count). The van der Waals surface area contributed by atoms with Gasteiger partial charge in [0.25, 0.3) is 0 Å². The third-order valence-electron chi connectivity index (χ3n) is 2.65. The first kappa shape index (κ1) is 15.2. The van der Waals surface area contributed by atoms with Crippen molar-refractivity contribution in [2.24, 2.45) is 0 Å². The van der Waals surface area contributed by atoms with Gasteiger partial charge in [-0.1, -0.05) is 0 Å². The van der Waals surface area contributed by atoms with E-state index in [0.29, 0.717) is 21.7 Å². The molecule has 0 aliphatic carbocycles. The van der Waals surface area contributed by atoms with Gasteiger partial charge in [0.15, 0.2) is 0 Å². The Morgan fingerprint density at radius 3 is 2.29 bits per heavy atom. The molecular weight excluding hydrogens is 338 g/mol. The number of hydrogen-bond acceptors (Lipinski definition) is 4. The lowest BCUT2D eigenvalue weighted by molar-refractivity contribution is 0.187.